The molecule has 14 aromatic rings. The smallest absolute Gasteiger partial charge is 0.252 e. The van der Waals surface area contributed by atoms with Crippen LogP contribution in [0.5, 0.6) is 0 Å². The van der Waals surface area contributed by atoms with Crippen molar-refractivity contribution < 1.29 is 0 Å². The Hall–Kier alpha value is -10.1. The predicted molar refractivity (Wildman–Crippen MR) is 490 cm³/mol. The minimum absolute atomic E-state index is 0.0102. The van der Waals surface area contributed by atoms with Crippen molar-refractivity contribution in [3.8, 4) is 44.8 Å². The third kappa shape index (κ3) is 12.3. The number of hydrogen-bond acceptors (Lipinski definition) is 2. The van der Waals surface area contributed by atoms with Gasteiger partial charge in [0.15, 0.2) is 0 Å². The molecule has 0 bridgehead atoms. The van der Waals surface area contributed by atoms with Crippen LogP contribution in [0.1, 0.15) is 235 Å². The lowest BCUT2D eigenvalue weighted by molar-refractivity contribution is 0.332. The van der Waals surface area contributed by atoms with Gasteiger partial charge in [0.25, 0.3) is 6.71 Å². The average molecular weight is 1480 g/mol. The lowest BCUT2D eigenvalue weighted by Gasteiger charge is -2.44. The first-order chi connectivity index (χ1) is 53.1. The van der Waals surface area contributed by atoms with Crippen LogP contribution in [0.2, 0.25) is 0 Å². The Bertz CT molecular complexity index is 6100. The maximum Gasteiger partial charge on any atom is 0.252 e. The quantitative estimate of drug-likeness (QED) is 0.148. The number of aromatic nitrogens is 2. The van der Waals surface area contributed by atoms with Crippen molar-refractivity contribution in [3.63, 3.8) is 0 Å². The summed E-state index contributed by atoms with van der Waals surface area (Å²) in [5.74, 6) is 0. The number of rotatable bonds is 7. The van der Waals surface area contributed by atoms with Gasteiger partial charge in [0, 0.05) is 61.4 Å². The molecule has 0 amide bonds. The van der Waals surface area contributed by atoms with Crippen LogP contribution in [-0.2, 0) is 48.7 Å². The summed E-state index contributed by atoms with van der Waals surface area (Å²) in [6, 6.07) is 92.7. The summed E-state index contributed by atoms with van der Waals surface area (Å²) in [5.41, 5.74) is 37.8. The molecule has 570 valence electrons. The lowest BCUT2D eigenvalue weighted by Crippen LogP contribution is -2.61. The zero-order valence-electron chi connectivity index (χ0n) is 71.6. The minimum atomic E-state index is -0.175. The van der Waals surface area contributed by atoms with Crippen molar-refractivity contribution >= 4 is 101 Å². The summed E-state index contributed by atoms with van der Waals surface area (Å²) in [4.78, 5) is 5.32. The van der Waals surface area contributed by atoms with Crippen molar-refractivity contribution in [1.82, 2.24) is 9.13 Å². The number of anilines is 6. The SMILES string of the molecule is CC(C)(C)c1ccc(-c2ccc3c(c2)N(c2ccc(-c4ccc5c(c4)C(C)(C)CCC5(C)C)cc2)c2cc(-n4c5ccc(C(C)(C)C)cc5c5cc(C(C)(C)C)ccc54)cc4c2B3c2ccc(-n3c5ccc(C(C)(C)C)cc5c5cc(C(C)(C)C)ccc53)cc2N4c2ccc(-c3ccc4c(c3)C(C)(C)CCC4(C)C)cc2)cc1. The molecular formula is C108H115BN4. The van der Waals surface area contributed by atoms with Gasteiger partial charge >= 0.3 is 0 Å². The van der Waals surface area contributed by atoms with E-state index in [-0.39, 0.29) is 55.4 Å². The number of fused-ring (bicyclic) bond motifs is 12. The Labute approximate surface area is 674 Å². The van der Waals surface area contributed by atoms with Gasteiger partial charge in [-0.15, -0.1) is 0 Å². The molecule has 0 atom stereocenters. The van der Waals surface area contributed by atoms with Crippen molar-refractivity contribution in [2.24, 2.45) is 0 Å². The normalized spacial score (nSPS) is 16.4. The highest BCUT2D eigenvalue weighted by Crippen LogP contribution is 2.53. The third-order valence-electron chi connectivity index (χ3n) is 27.3. The van der Waals surface area contributed by atoms with Gasteiger partial charge in [-0.05, 0) is 277 Å². The molecule has 4 heterocycles. The molecule has 0 fully saturated rings. The monoisotopic (exact) mass is 1480 g/mol. The molecule has 113 heavy (non-hydrogen) atoms. The van der Waals surface area contributed by atoms with E-state index in [0.29, 0.717) is 0 Å². The summed E-state index contributed by atoms with van der Waals surface area (Å²) in [7, 11) is 0. The molecule has 4 aliphatic rings. The molecule has 2 aliphatic heterocycles. The molecule has 0 radical (unpaired) electrons. The van der Waals surface area contributed by atoms with E-state index >= 15 is 0 Å². The van der Waals surface area contributed by atoms with E-state index in [2.05, 4.69) is 409 Å². The summed E-state index contributed by atoms with van der Waals surface area (Å²) in [6.45, 7) is 54.5. The van der Waals surface area contributed by atoms with Crippen LogP contribution in [0.3, 0.4) is 0 Å². The summed E-state index contributed by atoms with van der Waals surface area (Å²) in [6.07, 6.45) is 4.70. The zero-order valence-corrected chi connectivity index (χ0v) is 71.6. The second kappa shape index (κ2) is 25.2. The van der Waals surface area contributed by atoms with E-state index in [9.17, 15) is 0 Å². The zero-order chi connectivity index (χ0) is 79.7. The van der Waals surface area contributed by atoms with Gasteiger partial charge in [0.2, 0.25) is 0 Å². The molecular weight excluding hydrogens is 1360 g/mol. The molecule has 18 rings (SSSR count). The number of nitrogens with zero attached hydrogens (tertiary/aromatic N) is 4. The maximum absolute atomic E-state index is 2.67. The van der Waals surface area contributed by atoms with Crippen molar-refractivity contribution in [2.45, 2.75) is 234 Å². The molecule has 2 aromatic heterocycles. The van der Waals surface area contributed by atoms with Crippen LogP contribution in [0.15, 0.2) is 231 Å². The molecule has 0 saturated carbocycles. The number of hydrogen-bond donors (Lipinski definition) is 0. The summed E-state index contributed by atoms with van der Waals surface area (Å²) >= 11 is 0. The highest BCUT2D eigenvalue weighted by molar-refractivity contribution is 7.00. The standard InChI is InChI=1S/C108H115BN4/c1-100(2,3)72-33-24-66(25-34-72)71-32-46-89-95(58-71)110(77-39-26-67(27-40-77)69-30-44-85-87(56-69)107(20,21)54-52-105(85,16)17)97-64-80(113-93-50-37-75(103(10,11)12)61-83(93)84-62-76(104(13,14)15)38-51-94(84)113)65-98-99(97)109(89)90-47-43-79(112-91-48-35-73(101(4,5)6)59-81(91)82-60-74(102(7,8)9)36-49-92(82)112)63-96(90)111(98)78-41-28-68(29-42-78)70-31-45-86-88(57-70)108(22,23)55-53-106(86,18)19/h24-51,56-65H,52-55H2,1-23H3. The van der Waals surface area contributed by atoms with Crippen LogP contribution >= 0.6 is 0 Å². The van der Waals surface area contributed by atoms with Gasteiger partial charge < -0.3 is 18.9 Å². The fourth-order valence-electron chi connectivity index (χ4n) is 19.7. The van der Waals surface area contributed by atoms with Gasteiger partial charge in [0.05, 0.1) is 27.8 Å². The van der Waals surface area contributed by atoms with E-state index in [1.807, 2.05) is 0 Å². The molecule has 0 saturated heterocycles. The fraction of sp³-hybridized carbons (Fsp3) is 0.333. The fourth-order valence-corrected chi connectivity index (χ4v) is 19.7. The van der Waals surface area contributed by atoms with Crippen molar-refractivity contribution in [1.29, 1.82) is 0 Å². The van der Waals surface area contributed by atoms with E-state index in [1.54, 1.807) is 0 Å². The molecule has 0 spiro atoms. The average Bonchev–Trinajstić information content (AvgIpc) is 1.64. The second-order valence-corrected chi connectivity index (χ2v) is 42.1. The van der Waals surface area contributed by atoms with Gasteiger partial charge in [-0.25, -0.2) is 0 Å². The Morgan fingerprint density at radius 3 is 0.876 bits per heavy atom. The Kier molecular flexibility index (Phi) is 16.6. The molecule has 12 aromatic carbocycles. The molecule has 0 N–H and O–H groups in total. The van der Waals surface area contributed by atoms with Gasteiger partial charge in [-0.3, -0.25) is 0 Å². The van der Waals surface area contributed by atoms with Gasteiger partial charge in [0.1, 0.15) is 0 Å². The maximum atomic E-state index is 2.67. The molecule has 4 nitrogen and oxygen atoms in total. The highest BCUT2D eigenvalue weighted by atomic mass is 15.2. The Morgan fingerprint density at radius 2 is 0.513 bits per heavy atom. The first-order valence-corrected chi connectivity index (χ1v) is 42.0. The van der Waals surface area contributed by atoms with Crippen LogP contribution in [-0.4, -0.2) is 15.8 Å². The topological polar surface area (TPSA) is 16.3 Å². The molecule has 5 heteroatoms. The number of benzene rings is 12. The Balaban J connectivity index is 0.941. The molecule has 0 unspecified atom stereocenters. The van der Waals surface area contributed by atoms with Crippen LogP contribution in [0, 0.1) is 0 Å². The van der Waals surface area contributed by atoms with Crippen molar-refractivity contribution in [3.05, 3.63) is 281 Å². The largest absolute Gasteiger partial charge is 0.311 e. The van der Waals surface area contributed by atoms with Crippen molar-refractivity contribution in [2.75, 3.05) is 9.80 Å². The van der Waals surface area contributed by atoms with E-state index in [1.165, 1.54) is 168 Å². The van der Waals surface area contributed by atoms with Crippen LogP contribution in [0.25, 0.3) is 88.4 Å². The summed E-state index contributed by atoms with van der Waals surface area (Å²) < 4.78 is 5.18. The molecule has 2 aliphatic carbocycles. The highest BCUT2D eigenvalue weighted by Gasteiger charge is 2.46. The lowest BCUT2D eigenvalue weighted by atomic mass is 9.33. The van der Waals surface area contributed by atoms with E-state index in [4.69, 9.17) is 0 Å². The first-order valence-electron chi connectivity index (χ1n) is 42.0. The van der Waals surface area contributed by atoms with Crippen LogP contribution < -0.4 is 26.2 Å². The second-order valence-electron chi connectivity index (χ2n) is 42.1. The Morgan fingerprint density at radius 1 is 0.239 bits per heavy atom. The van der Waals surface area contributed by atoms with Gasteiger partial charge in [-0.2, -0.15) is 0 Å². The van der Waals surface area contributed by atoms with E-state index < -0.39 is 0 Å². The predicted octanol–water partition coefficient (Wildman–Crippen LogP) is 28.1. The summed E-state index contributed by atoms with van der Waals surface area (Å²) in [5, 5.41) is 5.09. The van der Waals surface area contributed by atoms with E-state index in [0.717, 1.165) is 46.2 Å². The first kappa shape index (κ1) is 74.3. The third-order valence-corrected chi connectivity index (χ3v) is 27.3. The minimum Gasteiger partial charge on any atom is -0.311 e. The van der Waals surface area contributed by atoms with Crippen LogP contribution in [0.4, 0.5) is 34.1 Å². The van der Waals surface area contributed by atoms with Gasteiger partial charge in [-0.1, -0.05) is 287 Å².